The molecule has 1 saturated heterocycles. The van der Waals surface area contributed by atoms with Crippen LogP contribution in [0.4, 0.5) is 11.8 Å². The van der Waals surface area contributed by atoms with Crippen molar-refractivity contribution in [3.63, 3.8) is 0 Å². The molecular formula is C20H24N8O. The van der Waals surface area contributed by atoms with E-state index in [2.05, 4.69) is 35.3 Å². The Bertz CT molecular complexity index is 1030. The van der Waals surface area contributed by atoms with Crippen molar-refractivity contribution >= 4 is 17.7 Å². The lowest BCUT2D eigenvalue weighted by molar-refractivity contribution is -0.120. The number of carbonyl (C=O) groups excluding carboxylic acids is 1. The fourth-order valence-corrected chi connectivity index (χ4v) is 3.61. The van der Waals surface area contributed by atoms with Gasteiger partial charge in [0.1, 0.15) is 12.1 Å². The van der Waals surface area contributed by atoms with Crippen LogP contribution in [0.3, 0.4) is 0 Å². The molecule has 9 nitrogen and oxygen atoms in total. The zero-order chi connectivity index (χ0) is 20.4. The van der Waals surface area contributed by atoms with Gasteiger partial charge in [-0.2, -0.15) is 5.10 Å². The quantitative estimate of drug-likeness (QED) is 0.726. The third-order valence-electron chi connectivity index (χ3n) is 5.01. The number of carbonyl (C=O) groups is 1. The van der Waals surface area contributed by atoms with Crippen LogP contribution in [-0.2, 0) is 4.79 Å². The maximum atomic E-state index is 12.7. The van der Waals surface area contributed by atoms with Gasteiger partial charge in [0, 0.05) is 36.7 Å². The first-order chi connectivity index (χ1) is 14.0. The van der Waals surface area contributed by atoms with Crippen LogP contribution in [-0.4, -0.2) is 48.7 Å². The number of aryl methyl sites for hydroxylation is 3. The van der Waals surface area contributed by atoms with Crippen LogP contribution >= 0.6 is 0 Å². The summed E-state index contributed by atoms with van der Waals surface area (Å²) in [5.74, 6) is 1.65. The molecule has 4 heterocycles. The molecule has 3 aromatic heterocycles. The number of aromatic nitrogens is 6. The summed E-state index contributed by atoms with van der Waals surface area (Å²) in [5.41, 5.74) is 2.77. The molecule has 1 atom stereocenters. The lowest BCUT2D eigenvalue weighted by Gasteiger charge is -2.32. The highest BCUT2D eigenvalue weighted by Gasteiger charge is 2.27. The molecule has 1 aliphatic rings. The lowest BCUT2D eigenvalue weighted by atomic mass is 9.97. The molecule has 0 spiro atoms. The number of nitrogens with zero attached hydrogens (tertiary/aromatic N) is 7. The molecule has 4 rings (SSSR count). The Morgan fingerprint density at radius 3 is 2.69 bits per heavy atom. The van der Waals surface area contributed by atoms with Crippen molar-refractivity contribution in [3.05, 3.63) is 47.8 Å². The van der Waals surface area contributed by atoms with Gasteiger partial charge in [-0.15, -0.1) is 0 Å². The van der Waals surface area contributed by atoms with Crippen molar-refractivity contribution in [1.82, 2.24) is 29.7 Å². The third kappa shape index (κ3) is 4.23. The van der Waals surface area contributed by atoms with Gasteiger partial charge >= 0.3 is 0 Å². The molecule has 0 aromatic carbocycles. The van der Waals surface area contributed by atoms with E-state index >= 15 is 0 Å². The maximum absolute atomic E-state index is 12.7. The van der Waals surface area contributed by atoms with E-state index in [0.717, 1.165) is 48.1 Å². The van der Waals surface area contributed by atoms with Crippen LogP contribution < -0.4 is 10.2 Å². The van der Waals surface area contributed by atoms with E-state index in [0.29, 0.717) is 12.5 Å². The van der Waals surface area contributed by atoms with Crippen molar-refractivity contribution in [2.24, 2.45) is 5.92 Å². The fraction of sp³-hybridized carbons (Fsp3) is 0.400. The van der Waals surface area contributed by atoms with Crippen molar-refractivity contribution in [2.45, 2.75) is 33.6 Å². The summed E-state index contributed by atoms with van der Waals surface area (Å²) in [5, 5.41) is 7.33. The summed E-state index contributed by atoms with van der Waals surface area (Å²) in [6.07, 6.45) is 4.92. The van der Waals surface area contributed by atoms with Crippen molar-refractivity contribution in [1.29, 1.82) is 0 Å². The molecular weight excluding hydrogens is 368 g/mol. The molecule has 3 aromatic rings. The number of piperidine rings is 1. The average Bonchev–Trinajstić information content (AvgIpc) is 3.06. The zero-order valence-electron chi connectivity index (χ0n) is 16.8. The number of anilines is 2. The van der Waals surface area contributed by atoms with Crippen LogP contribution in [0.1, 0.15) is 29.9 Å². The Hall–Kier alpha value is -3.36. The molecule has 9 heteroatoms. The first-order valence-corrected chi connectivity index (χ1v) is 9.71. The van der Waals surface area contributed by atoms with Crippen LogP contribution in [0.15, 0.2) is 30.7 Å². The van der Waals surface area contributed by atoms with E-state index < -0.39 is 0 Å². The molecule has 1 N–H and O–H groups in total. The average molecular weight is 392 g/mol. The third-order valence-corrected chi connectivity index (χ3v) is 5.01. The number of rotatable bonds is 4. The largest absolute Gasteiger partial charge is 0.356 e. The van der Waals surface area contributed by atoms with Gasteiger partial charge in [-0.25, -0.2) is 24.6 Å². The summed E-state index contributed by atoms with van der Waals surface area (Å²) in [6.45, 7) is 7.26. The van der Waals surface area contributed by atoms with Crippen LogP contribution in [0, 0.1) is 26.7 Å². The Morgan fingerprint density at radius 1 is 1.10 bits per heavy atom. The first-order valence-electron chi connectivity index (χ1n) is 9.71. The van der Waals surface area contributed by atoms with Gasteiger partial charge in [0.25, 0.3) is 0 Å². The number of nitrogens with one attached hydrogen (secondary N) is 1. The second-order valence-electron chi connectivity index (χ2n) is 7.37. The van der Waals surface area contributed by atoms with Crippen LogP contribution in [0.5, 0.6) is 0 Å². The van der Waals surface area contributed by atoms with Gasteiger partial charge in [-0.1, -0.05) is 0 Å². The Kier molecular flexibility index (Phi) is 5.20. The number of hydrogen-bond donors (Lipinski definition) is 1. The predicted molar refractivity (Wildman–Crippen MR) is 109 cm³/mol. The van der Waals surface area contributed by atoms with E-state index in [-0.39, 0.29) is 11.8 Å². The minimum Gasteiger partial charge on any atom is -0.356 e. The summed E-state index contributed by atoms with van der Waals surface area (Å²) >= 11 is 0. The monoisotopic (exact) mass is 392 g/mol. The highest BCUT2D eigenvalue weighted by atomic mass is 16.2. The number of hydrogen-bond acceptors (Lipinski definition) is 7. The molecule has 0 aliphatic carbocycles. The van der Waals surface area contributed by atoms with Gasteiger partial charge in [-0.3, -0.25) is 10.1 Å². The first kappa shape index (κ1) is 19.0. The molecule has 1 aliphatic heterocycles. The molecule has 29 heavy (non-hydrogen) atoms. The summed E-state index contributed by atoms with van der Waals surface area (Å²) < 4.78 is 1.81. The zero-order valence-corrected chi connectivity index (χ0v) is 16.8. The second-order valence-corrected chi connectivity index (χ2v) is 7.37. The maximum Gasteiger partial charge on any atom is 0.231 e. The van der Waals surface area contributed by atoms with E-state index in [1.165, 1.54) is 0 Å². The smallest absolute Gasteiger partial charge is 0.231 e. The van der Waals surface area contributed by atoms with Crippen LogP contribution in [0.25, 0.3) is 5.82 Å². The normalized spacial score (nSPS) is 16.7. The fourth-order valence-electron chi connectivity index (χ4n) is 3.61. The molecule has 0 bridgehead atoms. The van der Waals surface area contributed by atoms with E-state index in [4.69, 9.17) is 0 Å². The summed E-state index contributed by atoms with van der Waals surface area (Å²) in [6, 6.07) is 5.73. The van der Waals surface area contributed by atoms with E-state index in [1.54, 1.807) is 18.6 Å². The molecule has 0 radical (unpaired) electrons. The van der Waals surface area contributed by atoms with Gasteiger partial charge in [0.2, 0.25) is 11.9 Å². The van der Waals surface area contributed by atoms with Gasteiger partial charge in [-0.05, 0) is 45.7 Å². The topological polar surface area (TPSA) is 102 Å². The lowest BCUT2D eigenvalue weighted by Crippen LogP contribution is -2.41. The van der Waals surface area contributed by atoms with Crippen molar-refractivity contribution in [2.75, 3.05) is 23.3 Å². The van der Waals surface area contributed by atoms with Gasteiger partial charge < -0.3 is 4.90 Å². The second kappa shape index (κ2) is 7.94. The number of amides is 1. The molecule has 150 valence electrons. The predicted octanol–water partition coefficient (Wildman–Crippen LogP) is 2.23. The Balaban J connectivity index is 1.49. The van der Waals surface area contributed by atoms with E-state index in [9.17, 15) is 4.79 Å². The van der Waals surface area contributed by atoms with Gasteiger partial charge in [0.15, 0.2) is 5.82 Å². The molecule has 1 fully saturated rings. The van der Waals surface area contributed by atoms with Crippen molar-refractivity contribution < 1.29 is 4.79 Å². The molecule has 0 saturated carbocycles. The summed E-state index contributed by atoms with van der Waals surface area (Å²) in [7, 11) is 0. The minimum absolute atomic E-state index is 0.0619. The SMILES string of the molecule is Cc1ccnc(NC(=O)C2CCCN(c3cc(-n4nc(C)cc4C)ncn3)C2)n1. The molecule has 1 amide bonds. The van der Waals surface area contributed by atoms with Gasteiger partial charge in [0.05, 0.1) is 11.6 Å². The highest BCUT2D eigenvalue weighted by Crippen LogP contribution is 2.23. The summed E-state index contributed by atoms with van der Waals surface area (Å²) in [4.78, 5) is 32.0. The van der Waals surface area contributed by atoms with E-state index in [1.807, 2.05) is 37.6 Å². The standard InChI is InChI=1S/C20H24N8O/c1-13-6-7-21-20(24-13)25-19(29)16-5-4-8-27(11-16)17-10-18(23-12-22-17)28-15(3)9-14(2)26-28/h6-7,9-10,12,16H,4-5,8,11H2,1-3H3,(H,21,24,25,29). The highest BCUT2D eigenvalue weighted by molar-refractivity contribution is 5.91. The molecule has 1 unspecified atom stereocenters. The van der Waals surface area contributed by atoms with Crippen LogP contribution in [0.2, 0.25) is 0 Å². The minimum atomic E-state index is -0.153. The van der Waals surface area contributed by atoms with Crippen molar-refractivity contribution in [3.8, 4) is 5.82 Å². The Labute approximate surface area is 169 Å². The Morgan fingerprint density at radius 2 is 1.93 bits per heavy atom.